The summed E-state index contributed by atoms with van der Waals surface area (Å²) < 4.78 is 0. The van der Waals surface area contributed by atoms with Gasteiger partial charge in [-0.3, -0.25) is 14.9 Å². The van der Waals surface area contributed by atoms with Gasteiger partial charge in [0.15, 0.2) is 0 Å². The molecule has 6 heteroatoms. The van der Waals surface area contributed by atoms with Crippen LogP contribution in [0.25, 0.3) is 6.08 Å². The number of carbonyl (C=O) groups excluding carboxylic acids is 2. The Morgan fingerprint density at radius 2 is 2.14 bits per heavy atom. The third-order valence-corrected chi connectivity index (χ3v) is 4.47. The van der Waals surface area contributed by atoms with E-state index in [4.69, 9.17) is 5.73 Å². The summed E-state index contributed by atoms with van der Waals surface area (Å²) in [5.74, 6) is -0.324. The van der Waals surface area contributed by atoms with Gasteiger partial charge in [0.1, 0.15) is 0 Å². The monoisotopic (exact) mass is 303 g/mol. The van der Waals surface area contributed by atoms with Gasteiger partial charge in [-0.25, -0.2) is 0 Å². The van der Waals surface area contributed by atoms with Crippen molar-refractivity contribution in [2.45, 2.75) is 18.9 Å². The van der Waals surface area contributed by atoms with Crippen LogP contribution < -0.4 is 16.0 Å². The quantitative estimate of drug-likeness (QED) is 0.817. The van der Waals surface area contributed by atoms with Gasteiger partial charge in [-0.15, -0.1) is 0 Å². The van der Waals surface area contributed by atoms with E-state index in [-0.39, 0.29) is 17.2 Å². The molecule has 110 valence electrons. The maximum atomic E-state index is 11.7. The molecule has 0 saturated carbocycles. The van der Waals surface area contributed by atoms with Crippen LogP contribution in [0, 0.1) is 0 Å². The third kappa shape index (κ3) is 3.11. The van der Waals surface area contributed by atoms with Gasteiger partial charge in [-0.1, -0.05) is 18.2 Å². The molecule has 21 heavy (non-hydrogen) atoms. The van der Waals surface area contributed by atoms with Crippen LogP contribution >= 0.6 is 11.8 Å². The molecule has 0 radical (unpaired) electrons. The molecule has 2 saturated heterocycles. The highest BCUT2D eigenvalue weighted by molar-refractivity contribution is 8.18. The zero-order valence-electron chi connectivity index (χ0n) is 11.5. The Kier molecular flexibility index (Phi) is 3.98. The summed E-state index contributed by atoms with van der Waals surface area (Å²) in [5.41, 5.74) is 8.05. The number of nitrogens with two attached hydrogens (primary N) is 1. The van der Waals surface area contributed by atoms with E-state index >= 15 is 0 Å². The van der Waals surface area contributed by atoms with Crippen LogP contribution in [0.2, 0.25) is 0 Å². The first-order chi connectivity index (χ1) is 10.1. The zero-order valence-corrected chi connectivity index (χ0v) is 12.4. The molecule has 0 aromatic heterocycles. The van der Waals surface area contributed by atoms with Crippen molar-refractivity contribution < 1.29 is 9.59 Å². The number of rotatable bonds is 2. The number of thioether (sulfide) groups is 1. The average molecular weight is 303 g/mol. The highest BCUT2D eigenvalue weighted by atomic mass is 32.2. The first kappa shape index (κ1) is 14.2. The molecule has 2 aliphatic heterocycles. The first-order valence-electron chi connectivity index (χ1n) is 6.98. The molecule has 5 nitrogen and oxygen atoms in total. The van der Waals surface area contributed by atoms with Gasteiger partial charge in [0, 0.05) is 24.8 Å². The summed E-state index contributed by atoms with van der Waals surface area (Å²) in [6.07, 6.45) is 3.90. The number of para-hydroxylation sites is 1. The van der Waals surface area contributed by atoms with Gasteiger partial charge in [-0.2, -0.15) is 0 Å². The predicted octanol–water partition coefficient (Wildman–Crippen LogP) is 1.94. The van der Waals surface area contributed by atoms with Crippen molar-refractivity contribution >= 4 is 34.7 Å². The van der Waals surface area contributed by atoms with Crippen molar-refractivity contribution in [1.82, 2.24) is 5.32 Å². The first-order valence-corrected chi connectivity index (χ1v) is 7.79. The zero-order chi connectivity index (χ0) is 14.8. The molecule has 3 rings (SSSR count). The number of piperidine rings is 1. The topological polar surface area (TPSA) is 75.4 Å². The van der Waals surface area contributed by atoms with Crippen molar-refractivity contribution in [2.24, 2.45) is 5.73 Å². The van der Waals surface area contributed by atoms with E-state index in [9.17, 15) is 9.59 Å². The number of carbonyl (C=O) groups is 2. The van der Waals surface area contributed by atoms with Gasteiger partial charge in [0.2, 0.25) is 0 Å². The molecule has 1 aromatic carbocycles. The summed E-state index contributed by atoms with van der Waals surface area (Å²) in [6.45, 7) is 1.78. The van der Waals surface area contributed by atoms with Crippen LogP contribution in [0.1, 0.15) is 18.4 Å². The summed E-state index contributed by atoms with van der Waals surface area (Å²) in [4.78, 5) is 25.6. The van der Waals surface area contributed by atoms with Crippen LogP contribution in [0.3, 0.4) is 0 Å². The summed E-state index contributed by atoms with van der Waals surface area (Å²) in [5, 5.41) is 1.96. The fourth-order valence-corrected chi connectivity index (χ4v) is 3.36. The van der Waals surface area contributed by atoms with Crippen molar-refractivity contribution in [3.63, 3.8) is 0 Å². The minimum atomic E-state index is -0.324. The van der Waals surface area contributed by atoms with E-state index in [0.29, 0.717) is 4.91 Å². The standard InChI is InChI=1S/C15H17N3O2S/c16-11-5-3-7-18(9-11)12-6-2-1-4-10(12)8-13-14(19)17-15(20)21-13/h1-2,4,6,8,11H,3,5,7,9,16H2,(H,17,19,20)/b13-8+. The number of nitrogens with zero attached hydrogens (tertiary/aromatic N) is 1. The van der Waals surface area contributed by atoms with Crippen molar-refractivity contribution in [3.05, 3.63) is 34.7 Å². The second kappa shape index (κ2) is 5.91. The molecule has 2 fully saturated rings. The molecule has 2 heterocycles. The van der Waals surface area contributed by atoms with Crippen LogP contribution in [-0.4, -0.2) is 30.3 Å². The number of hydrogen-bond acceptors (Lipinski definition) is 5. The van der Waals surface area contributed by atoms with Gasteiger partial charge < -0.3 is 10.6 Å². The molecule has 1 atom stereocenters. The van der Waals surface area contributed by atoms with E-state index in [1.807, 2.05) is 24.3 Å². The highest BCUT2D eigenvalue weighted by Gasteiger charge is 2.26. The minimum absolute atomic E-state index is 0.185. The fraction of sp³-hybridized carbons (Fsp3) is 0.333. The maximum Gasteiger partial charge on any atom is 0.290 e. The Bertz CT molecular complexity index is 615. The lowest BCUT2D eigenvalue weighted by molar-refractivity contribution is -0.115. The summed E-state index contributed by atoms with van der Waals surface area (Å²) >= 11 is 0.943. The second-order valence-corrected chi connectivity index (χ2v) is 6.27. The predicted molar refractivity (Wildman–Crippen MR) is 85.0 cm³/mol. The van der Waals surface area contributed by atoms with Gasteiger partial charge in [0.25, 0.3) is 11.1 Å². The Balaban J connectivity index is 1.91. The third-order valence-electron chi connectivity index (χ3n) is 3.66. The van der Waals surface area contributed by atoms with E-state index in [0.717, 1.165) is 48.9 Å². The lowest BCUT2D eigenvalue weighted by Gasteiger charge is -2.33. The number of imide groups is 1. The molecule has 3 N–H and O–H groups in total. The number of anilines is 1. The Morgan fingerprint density at radius 1 is 1.33 bits per heavy atom. The van der Waals surface area contributed by atoms with E-state index in [2.05, 4.69) is 10.2 Å². The molecule has 0 bridgehead atoms. The Hall–Kier alpha value is -1.79. The highest BCUT2D eigenvalue weighted by Crippen LogP contribution is 2.30. The largest absolute Gasteiger partial charge is 0.369 e. The molecular weight excluding hydrogens is 286 g/mol. The number of nitrogens with one attached hydrogen (secondary N) is 1. The van der Waals surface area contributed by atoms with Gasteiger partial charge >= 0.3 is 0 Å². The molecule has 0 aliphatic carbocycles. The molecule has 1 aromatic rings. The average Bonchev–Trinajstić information content (AvgIpc) is 2.77. The number of benzene rings is 1. The van der Waals surface area contributed by atoms with E-state index < -0.39 is 0 Å². The van der Waals surface area contributed by atoms with E-state index in [1.165, 1.54) is 0 Å². The molecule has 1 unspecified atom stereocenters. The SMILES string of the molecule is NC1CCCN(c2ccccc2/C=C2/SC(=O)NC2=O)C1. The minimum Gasteiger partial charge on any atom is -0.369 e. The molecule has 2 amide bonds. The van der Waals surface area contributed by atoms with Crippen molar-refractivity contribution in [3.8, 4) is 0 Å². The van der Waals surface area contributed by atoms with Crippen LogP contribution in [0.5, 0.6) is 0 Å². The second-order valence-electron chi connectivity index (χ2n) is 5.26. The van der Waals surface area contributed by atoms with Gasteiger partial charge in [0.05, 0.1) is 4.91 Å². The van der Waals surface area contributed by atoms with Crippen LogP contribution in [0.4, 0.5) is 10.5 Å². The van der Waals surface area contributed by atoms with Crippen LogP contribution in [-0.2, 0) is 4.79 Å². The lowest BCUT2D eigenvalue weighted by atomic mass is 10.0. The van der Waals surface area contributed by atoms with Crippen molar-refractivity contribution in [2.75, 3.05) is 18.0 Å². The molecule has 2 aliphatic rings. The van der Waals surface area contributed by atoms with Gasteiger partial charge in [-0.05, 0) is 42.3 Å². The normalized spacial score (nSPS) is 24.5. The van der Waals surface area contributed by atoms with Crippen molar-refractivity contribution in [1.29, 1.82) is 0 Å². The Labute approximate surface area is 127 Å². The fourth-order valence-electron chi connectivity index (χ4n) is 2.69. The molecule has 0 spiro atoms. The number of amides is 2. The van der Waals surface area contributed by atoms with E-state index in [1.54, 1.807) is 6.08 Å². The summed E-state index contributed by atoms with van der Waals surface area (Å²) in [7, 11) is 0. The molecular formula is C15H17N3O2S. The summed E-state index contributed by atoms with van der Waals surface area (Å²) in [6, 6.07) is 8.08. The number of hydrogen-bond donors (Lipinski definition) is 2. The smallest absolute Gasteiger partial charge is 0.290 e. The lowest BCUT2D eigenvalue weighted by Crippen LogP contribution is -2.43. The van der Waals surface area contributed by atoms with Crippen LogP contribution in [0.15, 0.2) is 29.2 Å². The Morgan fingerprint density at radius 3 is 2.86 bits per heavy atom. The maximum absolute atomic E-state index is 11.7.